The number of esters is 1. The molecule has 24 heavy (non-hydrogen) atoms. The first kappa shape index (κ1) is 22.1. The van der Waals surface area contributed by atoms with E-state index in [9.17, 15) is 35.9 Å². The summed E-state index contributed by atoms with van der Waals surface area (Å²) in [6, 6.07) is 0. The molecule has 0 bridgehead atoms. The zero-order valence-corrected chi connectivity index (χ0v) is 11.9. The van der Waals surface area contributed by atoms with Crippen molar-refractivity contribution in [2.75, 3.05) is 19.8 Å². The predicted octanol–water partition coefficient (Wildman–Crippen LogP) is 2.26. The molecule has 0 aromatic rings. The number of rotatable bonds is 12. The largest absolute Gasteiger partial charge is 0.495 e. The molecular formula is C12H12F6O6. The fourth-order valence-corrected chi connectivity index (χ4v) is 0.971. The van der Waals surface area contributed by atoms with Gasteiger partial charge < -0.3 is 9.47 Å². The number of carbonyl (C=O) groups excluding carboxylic acids is 2. The molecule has 0 saturated carbocycles. The summed E-state index contributed by atoms with van der Waals surface area (Å²) in [6.45, 7) is 1.10. The van der Waals surface area contributed by atoms with Gasteiger partial charge in [-0.25, -0.2) is 14.3 Å². The summed E-state index contributed by atoms with van der Waals surface area (Å²) < 4.78 is 91.4. The molecule has 0 aliphatic rings. The summed E-state index contributed by atoms with van der Waals surface area (Å²) in [4.78, 5) is 21.2. The van der Waals surface area contributed by atoms with Crippen LogP contribution in [0.1, 0.15) is 0 Å². The Labute approximate surface area is 131 Å². The Hall–Kier alpha value is -1.92. The van der Waals surface area contributed by atoms with Crippen LogP contribution < -0.4 is 0 Å². The van der Waals surface area contributed by atoms with Crippen molar-refractivity contribution in [1.29, 1.82) is 0 Å². The lowest BCUT2D eigenvalue weighted by Crippen LogP contribution is -2.44. The van der Waals surface area contributed by atoms with E-state index in [2.05, 4.69) is 32.1 Å². The van der Waals surface area contributed by atoms with E-state index in [4.69, 9.17) is 0 Å². The maximum Gasteiger partial charge on any atom is 0.495 e. The SMILES string of the molecule is C=CC(=O)COCC(F)(F)OC(F)(F)OC(F)(F)COC(=O)C=C. The van der Waals surface area contributed by atoms with E-state index in [1.54, 1.807) is 0 Å². The van der Waals surface area contributed by atoms with E-state index in [0.717, 1.165) is 6.08 Å². The second-order valence-electron chi connectivity index (χ2n) is 3.92. The molecule has 0 aromatic carbocycles. The van der Waals surface area contributed by atoms with Crippen molar-refractivity contribution in [3.8, 4) is 0 Å². The van der Waals surface area contributed by atoms with Gasteiger partial charge in [-0.05, 0) is 6.08 Å². The number of alkyl halides is 6. The molecule has 0 saturated heterocycles. The second kappa shape index (κ2) is 8.80. The molecule has 0 N–H and O–H groups in total. The second-order valence-corrected chi connectivity index (χ2v) is 3.92. The quantitative estimate of drug-likeness (QED) is 0.228. The van der Waals surface area contributed by atoms with Crippen molar-refractivity contribution in [2.24, 2.45) is 0 Å². The van der Waals surface area contributed by atoms with Gasteiger partial charge in [0.2, 0.25) is 0 Å². The fourth-order valence-electron chi connectivity index (χ4n) is 0.971. The van der Waals surface area contributed by atoms with Crippen LogP contribution in [0.25, 0.3) is 0 Å². The Morgan fingerprint density at radius 2 is 1.38 bits per heavy atom. The number of carbonyl (C=O) groups is 2. The maximum absolute atomic E-state index is 13.0. The molecule has 0 unspecified atom stereocenters. The normalized spacial score (nSPS) is 12.6. The monoisotopic (exact) mass is 366 g/mol. The smallest absolute Gasteiger partial charge is 0.453 e. The third-order valence-corrected chi connectivity index (χ3v) is 1.83. The van der Waals surface area contributed by atoms with Crippen LogP contribution in [0.2, 0.25) is 0 Å². The molecule has 0 radical (unpaired) electrons. The summed E-state index contributed by atoms with van der Waals surface area (Å²) in [5, 5.41) is 0. The molecule has 0 aliphatic heterocycles. The van der Waals surface area contributed by atoms with Gasteiger partial charge in [-0.15, -0.1) is 8.78 Å². The van der Waals surface area contributed by atoms with Gasteiger partial charge in [0, 0.05) is 6.08 Å². The molecule has 0 spiro atoms. The molecule has 0 heterocycles. The van der Waals surface area contributed by atoms with Gasteiger partial charge in [0.25, 0.3) is 0 Å². The highest BCUT2D eigenvalue weighted by molar-refractivity contribution is 5.90. The van der Waals surface area contributed by atoms with E-state index in [1.807, 2.05) is 0 Å². The van der Waals surface area contributed by atoms with Gasteiger partial charge in [0.15, 0.2) is 12.4 Å². The van der Waals surface area contributed by atoms with E-state index in [1.165, 1.54) is 0 Å². The lowest BCUT2D eigenvalue weighted by Gasteiger charge is -2.26. The molecule has 0 atom stereocenters. The highest BCUT2D eigenvalue weighted by Crippen LogP contribution is 2.33. The Bertz CT molecular complexity index is 479. The van der Waals surface area contributed by atoms with Gasteiger partial charge in [-0.3, -0.25) is 4.79 Å². The minimum atomic E-state index is -5.46. The van der Waals surface area contributed by atoms with Crippen molar-refractivity contribution in [3.63, 3.8) is 0 Å². The van der Waals surface area contributed by atoms with Crippen molar-refractivity contribution < 1.29 is 54.9 Å². The van der Waals surface area contributed by atoms with Crippen molar-refractivity contribution in [2.45, 2.75) is 18.5 Å². The van der Waals surface area contributed by atoms with Crippen molar-refractivity contribution in [1.82, 2.24) is 0 Å². The van der Waals surface area contributed by atoms with Gasteiger partial charge in [-0.2, -0.15) is 17.6 Å². The van der Waals surface area contributed by atoms with Gasteiger partial charge in [0.1, 0.15) is 13.2 Å². The first-order valence-electron chi connectivity index (χ1n) is 5.88. The number of ketones is 1. The number of hydrogen-bond acceptors (Lipinski definition) is 6. The fraction of sp³-hybridized carbons (Fsp3) is 0.500. The van der Waals surface area contributed by atoms with Gasteiger partial charge in [0.05, 0.1) is 0 Å². The average molecular weight is 366 g/mol. The highest BCUT2D eigenvalue weighted by Gasteiger charge is 2.52. The Kier molecular flexibility index (Phi) is 8.10. The molecule has 0 fully saturated rings. The van der Waals surface area contributed by atoms with Crippen LogP contribution in [0.5, 0.6) is 0 Å². The summed E-state index contributed by atoms with van der Waals surface area (Å²) >= 11 is 0. The van der Waals surface area contributed by atoms with Crippen molar-refractivity contribution >= 4 is 11.8 Å². The summed E-state index contributed by atoms with van der Waals surface area (Å²) in [5.74, 6) is -2.21. The first-order valence-corrected chi connectivity index (χ1v) is 5.88. The van der Waals surface area contributed by atoms with E-state index < -0.39 is 50.1 Å². The molecule has 0 rings (SSSR count). The summed E-state index contributed by atoms with van der Waals surface area (Å²) in [6.07, 6.45) is -13.9. The summed E-state index contributed by atoms with van der Waals surface area (Å²) in [7, 11) is 0. The number of hydrogen-bond donors (Lipinski definition) is 0. The minimum absolute atomic E-state index is 0.459. The van der Waals surface area contributed by atoms with Crippen LogP contribution >= 0.6 is 0 Å². The lowest BCUT2D eigenvalue weighted by molar-refractivity contribution is -0.517. The third kappa shape index (κ3) is 9.97. The molecule has 0 aliphatic carbocycles. The van der Waals surface area contributed by atoms with Crippen LogP contribution in [-0.2, 0) is 28.5 Å². The van der Waals surface area contributed by atoms with Crippen LogP contribution in [0.3, 0.4) is 0 Å². The highest BCUT2D eigenvalue weighted by atomic mass is 19.3. The van der Waals surface area contributed by atoms with E-state index in [0.29, 0.717) is 6.08 Å². The lowest BCUT2D eigenvalue weighted by atomic mass is 10.4. The minimum Gasteiger partial charge on any atom is -0.453 e. The maximum atomic E-state index is 13.0. The standard InChI is InChI=1S/C12H12F6O6/c1-3-8(19)5-21-6-10(13,14)23-12(17,18)24-11(15,16)7-22-9(20)4-2/h3-4H,1-2,5-7H2. The number of ether oxygens (including phenoxy) is 4. The van der Waals surface area contributed by atoms with Crippen LogP contribution in [-0.4, -0.2) is 50.1 Å². The van der Waals surface area contributed by atoms with Crippen LogP contribution in [0.15, 0.2) is 25.3 Å². The van der Waals surface area contributed by atoms with Gasteiger partial charge >= 0.3 is 24.5 Å². The van der Waals surface area contributed by atoms with E-state index in [-0.39, 0.29) is 0 Å². The molecular weight excluding hydrogens is 354 g/mol. The van der Waals surface area contributed by atoms with Gasteiger partial charge in [-0.1, -0.05) is 13.2 Å². The number of halogens is 6. The molecule has 12 heteroatoms. The Morgan fingerprint density at radius 1 is 0.875 bits per heavy atom. The molecule has 6 nitrogen and oxygen atoms in total. The summed E-state index contributed by atoms with van der Waals surface area (Å²) in [5.41, 5.74) is 0. The van der Waals surface area contributed by atoms with Crippen LogP contribution in [0, 0.1) is 0 Å². The molecule has 138 valence electrons. The molecule has 0 amide bonds. The zero-order chi connectivity index (χ0) is 19.0. The zero-order valence-electron chi connectivity index (χ0n) is 11.9. The van der Waals surface area contributed by atoms with Crippen LogP contribution in [0.4, 0.5) is 26.3 Å². The molecule has 0 aromatic heterocycles. The first-order chi connectivity index (χ1) is 10.8. The topological polar surface area (TPSA) is 71.1 Å². The predicted molar refractivity (Wildman–Crippen MR) is 64.2 cm³/mol. The van der Waals surface area contributed by atoms with Crippen molar-refractivity contribution in [3.05, 3.63) is 25.3 Å². The van der Waals surface area contributed by atoms with E-state index >= 15 is 0 Å². The average Bonchev–Trinajstić information content (AvgIpc) is 2.41. The Morgan fingerprint density at radius 3 is 1.83 bits per heavy atom. The Balaban J connectivity index is 4.57. The third-order valence-electron chi connectivity index (χ3n) is 1.83.